The highest BCUT2D eigenvalue weighted by Gasteiger charge is 2.10. The number of cyclic esters (lactones) is 2. The van der Waals surface area contributed by atoms with Crippen LogP contribution >= 0.6 is 0 Å². The second-order valence-electron chi connectivity index (χ2n) is 3.34. The van der Waals surface area contributed by atoms with Crippen molar-refractivity contribution in [3.63, 3.8) is 0 Å². The molecule has 0 saturated heterocycles. The van der Waals surface area contributed by atoms with Gasteiger partial charge in [-0.25, -0.2) is 19.2 Å². The summed E-state index contributed by atoms with van der Waals surface area (Å²) in [6.45, 7) is 8.78. The first-order valence-electron chi connectivity index (χ1n) is 5.95. The van der Waals surface area contributed by atoms with E-state index in [1.54, 1.807) is 0 Å². The molecule has 1 aliphatic rings. The molecule has 21 heavy (non-hydrogen) atoms. The molecule has 7 heteroatoms. The lowest BCUT2D eigenvalue weighted by atomic mass is 10.4. The van der Waals surface area contributed by atoms with Gasteiger partial charge in [0.25, 0.3) is 0 Å². The average Bonchev–Trinajstić information content (AvgIpc) is 2.83. The van der Waals surface area contributed by atoms with Crippen LogP contribution in [0.5, 0.6) is 0 Å². The third-order valence-electron chi connectivity index (χ3n) is 1.64. The second kappa shape index (κ2) is 13.7. The van der Waals surface area contributed by atoms with Crippen molar-refractivity contribution in [1.29, 1.82) is 0 Å². The van der Waals surface area contributed by atoms with Crippen LogP contribution in [0, 0.1) is 0 Å². The molecule has 0 bridgehead atoms. The van der Waals surface area contributed by atoms with Crippen molar-refractivity contribution in [2.24, 2.45) is 0 Å². The lowest BCUT2D eigenvalue weighted by molar-refractivity contribution is -0.150. The van der Waals surface area contributed by atoms with Crippen molar-refractivity contribution < 1.29 is 33.8 Å². The van der Waals surface area contributed by atoms with Crippen LogP contribution in [-0.4, -0.2) is 35.6 Å². The highest BCUT2D eigenvalue weighted by Crippen LogP contribution is 1.92. The minimum atomic E-state index is -0.981. The first-order chi connectivity index (χ1) is 9.87. The van der Waals surface area contributed by atoms with Gasteiger partial charge in [-0.15, -0.1) is 0 Å². The third-order valence-corrected chi connectivity index (χ3v) is 1.64. The molecule has 7 nitrogen and oxygen atoms in total. The van der Waals surface area contributed by atoms with E-state index in [0.717, 1.165) is 31.1 Å². The van der Waals surface area contributed by atoms with Crippen LogP contribution in [0.2, 0.25) is 0 Å². The first kappa shape index (κ1) is 20.6. The normalized spacial score (nSPS) is 11.1. The molecule has 0 aromatic carbocycles. The predicted octanol–water partition coefficient (Wildman–Crippen LogP) is 1.40. The number of hydrogen-bond acceptors (Lipinski definition) is 6. The minimum absolute atomic E-state index is 0.330. The Bertz CT molecular complexity index is 405. The number of carbonyl (C=O) groups is 4. The van der Waals surface area contributed by atoms with Gasteiger partial charge in [-0.05, 0) is 6.42 Å². The molecule has 116 valence electrons. The van der Waals surface area contributed by atoms with Gasteiger partial charge < -0.3 is 14.6 Å². The highest BCUT2D eigenvalue weighted by molar-refractivity contribution is 6.04. The fourth-order valence-electron chi connectivity index (χ4n) is 0.679. The number of aliphatic carboxylic acids is 1. The van der Waals surface area contributed by atoms with E-state index >= 15 is 0 Å². The number of esters is 3. The predicted molar refractivity (Wildman–Crippen MR) is 74.1 cm³/mol. The van der Waals surface area contributed by atoms with E-state index in [0.29, 0.717) is 6.61 Å². The van der Waals surface area contributed by atoms with Crippen LogP contribution in [0.1, 0.15) is 19.8 Å². The van der Waals surface area contributed by atoms with Crippen molar-refractivity contribution >= 4 is 23.9 Å². The molecule has 0 fully saturated rings. The van der Waals surface area contributed by atoms with Crippen molar-refractivity contribution in [3.8, 4) is 0 Å². The minimum Gasteiger partial charge on any atom is -0.478 e. The zero-order valence-electron chi connectivity index (χ0n) is 11.7. The topological polar surface area (TPSA) is 107 Å². The largest absolute Gasteiger partial charge is 0.478 e. The van der Waals surface area contributed by atoms with Gasteiger partial charge in [-0.1, -0.05) is 26.5 Å². The van der Waals surface area contributed by atoms with E-state index in [1.165, 1.54) is 6.08 Å². The molecule has 1 rings (SSSR count). The van der Waals surface area contributed by atoms with E-state index in [9.17, 15) is 19.2 Å². The number of hydrogen-bond donors (Lipinski definition) is 1. The molecule has 0 aromatic rings. The monoisotopic (exact) mass is 298 g/mol. The zero-order valence-corrected chi connectivity index (χ0v) is 11.7. The summed E-state index contributed by atoms with van der Waals surface area (Å²) < 4.78 is 8.65. The Hall–Kier alpha value is -2.70. The van der Waals surface area contributed by atoms with Crippen molar-refractivity contribution in [1.82, 2.24) is 0 Å². The second-order valence-corrected chi connectivity index (χ2v) is 3.34. The van der Waals surface area contributed by atoms with Gasteiger partial charge in [0.05, 0.1) is 6.61 Å². The van der Waals surface area contributed by atoms with Gasteiger partial charge in [-0.3, -0.25) is 0 Å². The molecule has 0 spiro atoms. The lowest BCUT2D eigenvalue weighted by Crippen LogP contribution is -2.00. The molecule has 0 atom stereocenters. The Balaban J connectivity index is 0. The van der Waals surface area contributed by atoms with E-state index in [4.69, 9.17) is 5.11 Å². The number of ether oxygens (including phenoxy) is 2. The summed E-state index contributed by atoms with van der Waals surface area (Å²) in [7, 11) is 0. The number of carboxylic acids is 1. The molecule has 1 heterocycles. The number of rotatable bonds is 5. The Labute approximate surface area is 122 Å². The van der Waals surface area contributed by atoms with Gasteiger partial charge in [0.15, 0.2) is 0 Å². The van der Waals surface area contributed by atoms with Gasteiger partial charge in [0, 0.05) is 24.3 Å². The Kier molecular flexibility index (Phi) is 13.5. The molecule has 0 aliphatic carbocycles. The maximum absolute atomic E-state index is 10.3. The maximum atomic E-state index is 10.3. The average molecular weight is 298 g/mol. The first-order valence-corrected chi connectivity index (χ1v) is 5.95. The summed E-state index contributed by atoms with van der Waals surface area (Å²) in [5.41, 5.74) is 0. The van der Waals surface area contributed by atoms with Crippen LogP contribution in [0.25, 0.3) is 0 Å². The van der Waals surface area contributed by atoms with Crippen LogP contribution in [0.4, 0.5) is 0 Å². The van der Waals surface area contributed by atoms with Crippen molar-refractivity contribution in [2.45, 2.75) is 19.8 Å². The summed E-state index contributed by atoms with van der Waals surface area (Å²) in [5.74, 6) is -2.47. The molecular weight excluding hydrogens is 280 g/mol. The van der Waals surface area contributed by atoms with Crippen molar-refractivity contribution in [3.05, 3.63) is 37.5 Å². The Morgan fingerprint density at radius 3 is 1.95 bits per heavy atom. The van der Waals surface area contributed by atoms with Crippen LogP contribution in [-0.2, 0) is 28.7 Å². The standard InChI is InChI=1S/C7H12O2.C4H2O3.C3H4O2/c1-3-5-6-9-7(8)4-2;5-3-1-2-4(6)7-3;1-2-3(4)5/h4H,2-3,5-6H2,1H3;1-2H;2H,1H2,(H,4,5). The Morgan fingerprint density at radius 2 is 1.71 bits per heavy atom. The summed E-state index contributed by atoms with van der Waals surface area (Å²) in [6, 6.07) is 0. The Morgan fingerprint density at radius 1 is 1.24 bits per heavy atom. The molecule has 0 radical (unpaired) electrons. The molecule has 1 aliphatic heterocycles. The summed E-state index contributed by atoms with van der Waals surface area (Å²) >= 11 is 0. The summed E-state index contributed by atoms with van der Waals surface area (Å²) in [4.78, 5) is 39.4. The number of carbonyl (C=O) groups excluding carboxylic acids is 3. The highest BCUT2D eigenvalue weighted by atomic mass is 16.6. The maximum Gasteiger partial charge on any atom is 0.338 e. The van der Waals surface area contributed by atoms with Gasteiger partial charge in [0.2, 0.25) is 0 Å². The number of carboxylic acid groups (broad SMARTS) is 1. The molecule has 0 aromatic heterocycles. The molecular formula is C14H18O7. The third kappa shape index (κ3) is 17.3. The van der Waals surface area contributed by atoms with Crippen LogP contribution in [0.3, 0.4) is 0 Å². The van der Waals surface area contributed by atoms with Gasteiger partial charge >= 0.3 is 23.9 Å². The fourth-order valence-corrected chi connectivity index (χ4v) is 0.679. The molecule has 0 amide bonds. The van der Waals surface area contributed by atoms with E-state index in [1.807, 2.05) is 6.92 Å². The molecule has 0 unspecified atom stereocenters. The van der Waals surface area contributed by atoms with Gasteiger partial charge in [-0.2, -0.15) is 0 Å². The quantitative estimate of drug-likeness (QED) is 0.354. The van der Waals surface area contributed by atoms with E-state index in [-0.39, 0.29) is 5.97 Å². The molecule has 0 saturated carbocycles. The fraction of sp³-hybridized carbons (Fsp3) is 0.286. The van der Waals surface area contributed by atoms with Crippen molar-refractivity contribution in [2.75, 3.05) is 6.61 Å². The summed E-state index contributed by atoms with van der Waals surface area (Å²) in [6.07, 6.45) is 6.16. The summed E-state index contributed by atoms with van der Waals surface area (Å²) in [5, 5.41) is 7.60. The smallest absolute Gasteiger partial charge is 0.338 e. The lowest BCUT2D eigenvalue weighted by Gasteiger charge is -1.97. The molecule has 1 N–H and O–H groups in total. The van der Waals surface area contributed by atoms with Crippen LogP contribution < -0.4 is 0 Å². The zero-order chi connectivity index (χ0) is 16.7. The van der Waals surface area contributed by atoms with Crippen LogP contribution in [0.15, 0.2) is 37.5 Å². The SMILES string of the molecule is C=CC(=O)O.C=CC(=O)OCCCC.O=C1C=CC(=O)O1. The van der Waals surface area contributed by atoms with E-state index in [2.05, 4.69) is 22.6 Å². The van der Waals surface area contributed by atoms with E-state index < -0.39 is 17.9 Å². The van der Waals surface area contributed by atoms with Gasteiger partial charge in [0.1, 0.15) is 0 Å². The number of unbranched alkanes of at least 4 members (excludes halogenated alkanes) is 1.